The van der Waals surface area contributed by atoms with E-state index in [0.717, 1.165) is 19.4 Å². The maximum Gasteiger partial charge on any atom is 0.407 e. The van der Waals surface area contributed by atoms with Gasteiger partial charge in [0.2, 0.25) is 0 Å². The molecule has 116 valence electrons. The molecule has 1 saturated heterocycles. The Kier molecular flexibility index (Phi) is 4.04. The molecule has 3 N–H and O–H groups in total. The first kappa shape index (κ1) is 15.6. The highest BCUT2D eigenvalue weighted by molar-refractivity contribution is 5.68. The Balaban J connectivity index is 1.93. The largest absolute Gasteiger partial charge is 0.444 e. The fourth-order valence-corrected chi connectivity index (χ4v) is 3.67. The number of carbonyl (C=O) groups excluding carboxylic acids is 1. The lowest BCUT2D eigenvalue weighted by atomic mass is 9.67. The molecule has 1 saturated carbocycles. The standard InChI is InChI=1S/C15H28N2O3/c1-9(2)12-15(8-16-12)6-10(11(18)7-15)17-13(19)20-14(3,4)5/h9-12,16,18H,6-8H2,1-5H3,(H,17,19)/t10-,11-,12?,15?/m1/s1. The summed E-state index contributed by atoms with van der Waals surface area (Å²) in [6, 6.07) is 0.232. The van der Waals surface area contributed by atoms with Crippen molar-refractivity contribution in [3.05, 3.63) is 0 Å². The average molecular weight is 284 g/mol. The Morgan fingerprint density at radius 3 is 2.50 bits per heavy atom. The number of aliphatic hydroxyl groups is 1. The summed E-state index contributed by atoms with van der Waals surface area (Å²) in [6.07, 6.45) is 0.657. The molecule has 0 aromatic rings. The van der Waals surface area contributed by atoms with Gasteiger partial charge in [-0.25, -0.2) is 4.79 Å². The smallest absolute Gasteiger partial charge is 0.407 e. The molecule has 5 heteroatoms. The van der Waals surface area contributed by atoms with E-state index in [0.29, 0.717) is 12.0 Å². The first-order chi connectivity index (χ1) is 9.13. The van der Waals surface area contributed by atoms with E-state index < -0.39 is 17.8 Å². The number of rotatable bonds is 2. The van der Waals surface area contributed by atoms with Crippen molar-refractivity contribution in [2.75, 3.05) is 6.54 Å². The third kappa shape index (κ3) is 3.09. The molecule has 0 radical (unpaired) electrons. The van der Waals surface area contributed by atoms with E-state index in [9.17, 15) is 9.90 Å². The van der Waals surface area contributed by atoms with Gasteiger partial charge in [-0.05, 0) is 39.5 Å². The van der Waals surface area contributed by atoms with Gasteiger partial charge >= 0.3 is 6.09 Å². The van der Waals surface area contributed by atoms with Gasteiger partial charge in [0.15, 0.2) is 0 Å². The topological polar surface area (TPSA) is 70.6 Å². The molecule has 4 atom stereocenters. The zero-order valence-corrected chi connectivity index (χ0v) is 13.2. The predicted molar refractivity (Wildman–Crippen MR) is 77.5 cm³/mol. The number of hydrogen-bond acceptors (Lipinski definition) is 4. The third-order valence-electron chi connectivity index (χ3n) is 4.41. The van der Waals surface area contributed by atoms with E-state index in [1.54, 1.807) is 0 Å². The first-order valence-electron chi connectivity index (χ1n) is 7.54. The van der Waals surface area contributed by atoms with Crippen LogP contribution in [0.2, 0.25) is 0 Å². The summed E-state index contributed by atoms with van der Waals surface area (Å²) >= 11 is 0. The molecule has 5 nitrogen and oxygen atoms in total. The maximum atomic E-state index is 11.8. The minimum Gasteiger partial charge on any atom is -0.444 e. The van der Waals surface area contributed by atoms with E-state index in [1.165, 1.54) is 0 Å². The molecule has 1 amide bonds. The lowest BCUT2D eigenvalue weighted by Gasteiger charge is -2.51. The summed E-state index contributed by atoms with van der Waals surface area (Å²) in [4.78, 5) is 11.8. The maximum absolute atomic E-state index is 11.8. The van der Waals surface area contributed by atoms with Crippen LogP contribution >= 0.6 is 0 Å². The monoisotopic (exact) mass is 284 g/mol. The van der Waals surface area contributed by atoms with Crippen molar-refractivity contribution >= 4 is 6.09 Å². The van der Waals surface area contributed by atoms with Gasteiger partial charge in [0.1, 0.15) is 5.60 Å². The number of hydrogen-bond donors (Lipinski definition) is 3. The van der Waals surface area contributed by atoms with Gasteiger partial charge in [0, 0.05) is 18.0 Å². The van der Waals surface area contributed by atoms with Crippen LogP contribution in [0.4, 0.5) is 4.79 Å². The number of nitrogens with one attached hydrogen (secondary N) is 2. The van der Waals surface area contributed by atoms with Gasteiger partial charge < -0.3 is 20.5 Å². The van der Waals surface area contributed by atoms with Crippen molar-refractivity contribution in [2.45, 2.75) is 71.2 Å². The molecular weight excluding hydrogens is 256 g/mol. The quantitative estimate of drug-likeness (QED) is 0.721. The predicted octanol–water partition coefficient (Wildman–Crippen LogP) is 1.65. The summed E-state index contributed by atoms with van der Waals surface area (Å²) in [5.74, 6) is 0.538. The molecule has 1 heterocycles. The second-order valence-corrected chi connectivity index (χ2v) is 7.69. The molecular formula is C15H28N2O3. The normalized spacial score (nSPS) is 37.0. The number of alkyl carbamates (subject to hydrolysis) is 1. The van der Waals surface area contributed by atoms with Crippen molar-refractivity contribution in [1.29, 1.82) is 0 Å². The molecule has 0 bridgehead atoms. The average Bonchev–Trinajstić information content (AvgIpc) is 2.53. The van der Waals surface area contributed by atoms with E-state index in [1.807, 2.05) is 20.8 Å². The van der Waals surface area contributed by atoms with Crippen LogP contribution in [0.25, 0.3) is 0 Å². The molecule has 2 unspecified atom stereocenters. The molecule has 2 fully saturated rings. The summed E-state index contributed by atoms with van der Waals surface area (Å²) in [5, 5.41) is 16.5. The number of carbonyl (C=O) groups is 1. The van der Waals surface area contributed by atoms with Crippen molar-refractivity contribution in [3.8, 4) is 0 Å². The van der Waals surface area contributed by atoms with Gasteiger partial charge in [-0.1, -0.05) is 13.8 Å². The Labute approximate surface area is 121 Å². The SMILES string of the molecule is CC(C)C1NCC12C[C@@H](O)[C@H](NC(=O)OC(C)(C)C)C2. The lowest BCUT2D eigenvalue weighted by molar-refractivity contribution is 0.0394. The van der Waals surface area contributed by atoms with Crippen LogP contribution in [0.3, 0.4) is 0 Å². The van der Waals surface area contributed by atoms with Crippen LogP contribution < -0.4 is 10.6 Å². The molecule has 0 aromatic carbocycles. The zero-order valence-electron chi connectivity index (χ0n) is 13.2. The summed E-state index contributed by atoms with van der Waals surface area (Å²) in [6.45, 7) is 10.8. The van der Waals surface area contributed by atoms with Crippen LogP contribution in [-0.4, -0.2) is 41.5 Å². The lowest BCUT2D eigenvalue weighted by Crippen LogP contribution is -2.64. The van der Waals surface area contributed by atoms with E-state index in [4.69, 9.17) is 4.74 Å². The minimum atomic E-state index is -0.510. The molecule has 20 heavy (non-hydrogen) atoms. The molecule has 1 aliphatic heterocycles. The second kappa shape index (κ2) is 5.19. The van der Waals surface area contributed by atoms with Crippen LogP contribution in [0, 0.1) is 11.3 Å². The van der Waals surface area contributed by atoms with Gasteiger partial charge in [-0.15, -0.1) is 0 Å². The Morgan fingerprint density at radius 2 is 2.05 bits per heavy atom. The Hall–Kier alpha value is -0.810. The number of aliphatic hydroxyl groups excluding tert-OH is 1. The Bertz CT molecular complexity index is 378. The van der Waals surface area contributed by atoms with Crippen molar-refractivity contribution in [2.24, 2.45) is 11.3 Å². The number of amides is 1. The van der Waals surface area contributed by atoms with Gasteiger partial charge in [0.05, 0.1) is 12.1 Å². The van der Waals surface area contributed by atoms with E-state index in [2.05, 4.69) is 24.5 Å². The van der Waals surface area contributed by atoms with Crippen molar-refractivity contribution in [3.63, 3.8) is 0 Å². The van der Waals surface area contributed by atoms with Crippen LogP contribution in [0.1, 0.15) is 47.5 Å². The molecule has 1 spiro atoms. The van der Waals surface area contributed by atoms with Gasteiger partial charge in [-0.3, -0.25) is 0 Å². The highest BCUT2D eigenvalue weighted by Gasteiger charge is 2.55. The fraction of sp³-hybridized carbons (Fsp3) is 0.933. The molecule has 2 aliphatic rings. The van der Waals surface area contributed by atoms with Crippen LogP contribution in [0.15, 0.2) is 0 Å². The van der Waals surface area contributed by atoms with E-state index in [-0.39, 0.29) is 11.5 Å². The fourth-order valence-electron chi connectivity index (χ4n) is 3.67. The highest BCUT2D eigenvalue weighted by Crippen LogP contribution is 2.48. The van der Waals surface area contributed by atoms with E-state index >= 15 is 0 Å². The molecule has 0 aromatic heterocycles. The van der Waals surface area contributed by atoms with Crippen LogP contribution in [-0.2, 0) is 4.74 Å². The molecule has 2 rings (SSSR count). The van der Waals surface area contributed by atoms with Crippen molar-refractivity contribution < 1.29 is 14.6 Å². The summed E-state index contributed by atoms with van der Waals surface area (Å²) in [5.41, 5.74) is -0.378. The van der Waals surface area contributed by atoms with Crippen molar-refractivity contribution in [1.82, 2.24) is 10.6 Å². The van der Waals surface area contributed by atoms with Gasteiger partial charge in [-0.2, -0.15) is 0 Å². The second-order valence-electron chi connectivity index (χ2n) is 7.69. The highest BCUT2D eigenvalue weighted by atomic mass is 16.6. The first-order valence-corrected chi connectivity index (χ1v) is 7.54. The molecule has 1 aliphatic carbocycles. The van der Waals surface area contributed by atoms with Gasteiger partial charge in [0.25, 0.3) is 0 Å². The minimum absolute atomic E-state index is 0.132. The Morgan fingerprint density at radius 1 is 1.40 bits per heavy atom. The summed E-state index contributed by atoms with van der Waals surface area (Å²) in [7, 11) is 0. The summed E-state index contributed by atoms with van der Waals surface area (Å²) < 4.78 is 5.27. The number of ether oxygens (including phenoxy) is 1. The van der Waals surface area contributed by atoms with Crippen LogP contribution in [0.5, 0.6) is 0 Å². The third-order valence-corrected chi connectivity index (χ3v) is 4.41. The zero-order chi connectivity index (χ0) is 15.1.